The van der Waals surface area contributed by atoms with Crippen LogP contribution in [0.3, 0.4) is 0 Å². The molecular formula is C15H21N3O4S. The first-order valence-corrected chi connectivity index (χ1v) is 9.64. The van der Waals surface area contributed by atoms with Gasteiger partial charge in [-0.3, -0.25) is 0 Å². The molecule has 23 heavy (non-hydrogen) atoms. The maximum Gasteiger partial charge on any atom is 0.316 e. The van der Waals surface area contributed by atoms with Gasteiger partial charge in [-0.05, 0) is 31.7 Å². The van der Waals surface area contributed by atoms with E-state index in [1.807, 2.05) is 0 Å². The second kappa shape index (κ2) is 5.68. The van der Waals surface area contributed by atoms with Gasteiger partial charge in [-0.1, -0.05) is 0 Å². The van der Waals surface area contributed by atoms with Gasteiger partial charge in [0, 0.05) is 31.9 Å². The second-order valence-electron chi connectivity index (χ2n) is 6.65. The molecule has 0 bridgehead atoms. The van der Waals surface area contributed by atoms with Gasteiger partial charge in [-0.15, -0.1) is 0 Å². The molecule has 3 aliphatic rings. The van der Waals surface area contributed by atoms with Gasteiger partial charge in [0.05, 0.1) is 17.5 Å². The highest BCUT2D eigenvalue weighted by Gasteiger charge is 2.49. The Morgan fingerprint density at radius 2 is 2.09 bits per heavy atom. The van der Waals surface area contributed by atoms with Crippen LogP contribution in [0.5, 0.6) is 6.01 Å². The fourth-order valence-corrected chi connectivity index (χ4v) is 5.46. The van der Waals surface area contributed by atoms with Gasteiger partial charge in [0.2, 0.25) is 10.0 Å². The molecule has 0 radical (unpaired) electrons. The minimum Gasteiger partial charge on any atom is -0.458 e. The Balaban J connectivity index is 1.43. The van der Waals surface area contributed by atoms with Gasteiger partial charge in [0.1, 0.15) is 6.10 Å². The molecule has 3 fully saturated rings. The van der Waals surface area contributed by atoms with E-state index in [9.17, 15) is 8.42 Å². The van der Waals surface area contributed by atoms with Gasteiger partial charge in [0.15, 0.2) is 0 Å². The summed E-state index contributed by atoms with van der Waals surface area (Å²) >= 11 is 0. The highest BCUT2D eigenvalue weighted by molar-refractivity contribution is 7.90. The summed E-state index contributed by atoms with van der Waals surface area (Å²) in [7, 11) is -3.14. The third-order valence-corrected chi connectivity index (χ3v) is 7.14. The third-order valence-electron chi connectivity index (χ3n) is 4.80. The normalized spacial score (nSPS) is 32.3. The van der Waals surface area contributed by atoms with Crippen LogP contribution in [0.2, 0.25) is 0 Å². The lowest BCUT2D eigenvalue weighted by atomic mass is 9.90. The predicted octanol–water partition coefficient (Wildman–Crippen LogP) is 0.971. The Morgan fingerprint density at radius 1 is 1.30 bits per heavy atom. The monoisotopic (exact) mass is 339 g/mol. The zero-order chi connectivity index (χ0) is 15.9. The fraction of sp³-hybridized carbons (Fsp3) is 0.733. The highest BCUT2D eigenvalue weighted by Crippen LogP contribution is 2.39. The Hall–Kier alpha value is -1.25. The van der Waals surface area contributed by atoms with Crippen LogP contribution >= 0.6 is 0 Å². The lowest BCUT2D eigenvalue weighted by molar-refractivity contribution is -0.0339. The molecular weight excluding hydrogens is 318 g/mol. The van der Waals surface area contributed by atoms with E-state index in [4.69, 9.17) is 9.47 Å². The first-order valence-electron chi connectivity index (χ1n) is 8.14. The number of aromatic nitrogens is 2. The summed E-state index contributed by atoms with van der Waals surface area (Å²) in [6, 6.07) is 2.08. The first-order chi connectivity index (χ1) is 11.1. The molecule has 7 nitrogen and oxygen atoms in total. The number of hydrogen-bond acceptors (Lipinski definition) is 6. The molecule has 126 valence electrons. The smallest absolute Gasteiger partial charge is 0.316 e. The van der Waals surface area contributed by atoms with E-state index < -0.39 is 15.6 Å². The lowest BCUT2D eigenvalue weighted by Crippen LogP contribution is -2.51. The van der Waals surface area contributed by atoms with Crippen molar-refractivity contribution in [3.05, 3.63) is 18.5 Å². The summed E-state index contributed by atoms with van der Waals surface area (Å²) in [5, 5.41) is -0.163. The summed E-state index contributed by atoms with van der Waals surface area (Å²) in [5.41, 5.74) is -0.417. The van der Waals surface area contributed by atoms with Crippen LogP contribution in [0.15, 0.2) is 18.5 Å². The van der Waals surface area contributed by atoms with E-state index in [1.54, 1.807) is 22.8 Å². The number of rotatable bonds is 4. The molecule has 4 rings (SSSR count). The lowest BCUT2D eigenvalue weighted by Gasteiger charge is -2.38. The van der Waals surface area contributed by atoms with Crippen molar-refractivity contribution < 1.29 is 17.9 Å². The molecule has 1 aromatic rings. The summed E-state index contributed by atoms with van der Waals surface area (Å²) in [4.78, 5) is 8.13. The van der Waals surface area contributed by atoms with Crippen LogP contribution in [0, 0.1) is 0 Å². The Kier molecular flexibility index (Phi) is 3.78. The summed E-state index contributed by atoms with van der Waals surface area (Å²) < 4.78 is 38.4. The second-order valence-corrected chi connectivity index (χ2v) is 8.86. The molecule has 0 aromatic carbocycles. The molecule has 0 N–H and O–H groups in total. The molecule has 0 amide bonds. The zero-order valence-electron chi connectivity index (χ0n) is 12.9. The average Bonchev–Trinajstić information content (AvgIpc) is 3.34. The Morgan fingerprint density at radius 3 is 2.83 bits per heavy atom. The van der Waals surface area contributed by atoms with Crippen molar-refractivity contribution in [3.8, 4) is 6.01 Å². The summed E-state index contributed by atoms with van der Waals surface area (Å²) in [6.07, 6.45) is 7.13. The minimum absolute atomic E-state index is 0.124. The molecule has 1 aromatic heterocycles. The topological polar surface area (TPSA) is 81.6 Å². The highest BCUT2D eigenvalue weighted by atomic mass is 32.2. The van der Waals surface area contributed by atoms with Gasteiger partial charge in [-0.2, -0.15) is 4.31 Å². The first kappa shape index (κ1) is 15.3. The zero-order valence-corrected chi connectivity index (χ0v) is 13.7. The largest absolute Gasteiger partial charge is 0.458 e. The SMILES string of the molecule is O=S(=O)(C1CC1)N1CCC[C@]2(C[C@H](Oc3ncccn3)CO2)C1. The van der Waals surface area contributed by atoms with Crippen molar-refractivity contribution in [2.24, 2.45) is 0 Å². The van der Waals surface area contributed by atoms with E-state index in [1.165, 1.54) is 0 Å². The van der Waals surface area contributed by atoms with E-state index in [0.717, 1.165) is 25.7 Å². The number of hydrogen-bond donors (Lipinski definition) is 0. The fourth-order valence-electron chi connectivity index (χ4n) is 3.51. The molecule has 2 aliphatic heterocycles. The summed E-state index contributed by atoms with van der Waals surface area (Å²) in [5.74, 6) is 0. The number of ether oxygens (including phenoxy) is 2. The van der Waals surface area contributed by atoms with Gasteiger partial charge in [-0.25, -0.2) is 18.4 Å². The number of sulfonamides is 1. The maximum absolute atomic E-state index is 12.5. The van der Waals surface area contributed by atoms with Gasteiger partial charge in [0.25, 0.3) is 0 Å². The van der Waals surface area contributed by atoms with Crippen molar-refractivity contribution in [2.45, 2.75) is 49.1 Å². The van der Waals surface area contributed by atoms with E-state index in [2.05, 4.69) is 9.97 Å². The summed E-state index contributed by atoms with van der Waals surface area (Å²) in [6.45, 7) is 1.51. The molecule has 1 aliphatic carbocycles. The van der Waals surface area contributed by atoms with Crippen molar-refractivity contribution >= 4 is 10.0 Å². The Labute approximate surface area is 136 Å². The minimum atomic E-state index is -3.14. The maximum atomic E-state index is 12.5. The average molecular weight is 339 g/mol. The van der Waals surface area contributed by atoms with Crippen molar-refractivity contribution in [1.82, 2.24) is 14.3 Å². The predicted molar refractivity (Wildman–Crippen MR) is 82.5 cm³/mol. The van der Waals surface area contributed by atoms with Crippen molar-refractivity contribution in [3.63, 3.8) is 0 Å². The van der Waals surface area contributed by atoms with E-state index in [-0.39, 0.29) is 11.4 Å². The van der Waals surface area contributed by atoms with E-state index in [0.29, 0.717) is 32.1 Å². The van der Waals surface area contributed by atoms with Crippen LogP contribution in [-0.4, -0.2) is 59.3 Å². The van der Waals surface area contributed by atoms with Crippen LogP contribution in [0.25, 0.3) is 0 Å². The third kappa shape index (κ3) is 3.07. The van der Waals surface area contributed by atoms with Crippen molar-refractivity contribution in [1.29, 1.82) is 0 Å². The van der Waals surface area contributed by atoms with Crippen LogP contribution in [0.1, 0.15) is 32.1 Å². The molecule has 1 saturated carbocycles. The molecule has 0 unspecified atom stereocenters. The molecule has 2 atom stereocenters. The molecule has 2 saturated heterocycles. The van der Waals surface area contributed by atoms with Gasteiger partial charge >= 0.3 is 6.01 Å². The van der Waals surface area contributed by atoms with E-state index >= 15 is 0 Å². The van der Waals surface area contributed by atoms with Crippen LogP contribution in [-0.2, 0) is 14.8 Å². The van der Waals surface area contributed by atoms with Crippen LogP contribution < -0.4 is 4.74 Å². The number of nitrogens with zero attached hydrogens (tertiary/aromatic N) is 3. The molecule has 1 spiro atoms. The quantitative estimate of drug-likeness (QED) is 0.813. The van der Waals surface area contributed by atoms with Crippen molar-refractivity contribution in [2.75, 3.05) is 19.7 Å². The number of piperidine rings is 1. The molecule has 3 heterocycles. The van der Waals surface area contributed by atoms with Gasteiger partial charge < -0.3 is 9.47 Å². The standard InChI is InChI=1S/C15H21N3O4S/c19-23(20,13-3-4-13)18-8-1-5-15(11-18)9-12(10-21-15)22-14-16-6-2-7-17-14/h2,6-7,12-13H,1,3-5,8-11H2/t12-,15-/m0/s1. The van der Waals surface area contributed by atoms with Crippen LogP contribution in [0.4, 0.5) is 0 Å². The Bertz CT molecular complexity index is 665. The molecule has 8 heteroatoms.